The molecule has 1 saturated carbocycles. The SMILES string of the molecule is Cc1nc(NCC2(C3CCCO3)CCC2)cc(-c2ccccn2)n1. The average molecular weight is 324 g/mol. The predicted octanol–water partition coefficient (Wildman–Crippen LogP) is 3.61. The summed E-state index contributed by atoms with van der Waals surface area (Å²) in [7, 11) is 0. The molecule has 3 heterocycles. The third-order valence-corrected chi connectivity index (χ3v) is 5.35. The number of hydrogen-bond acceptors (Lipinski definition) is 5. The molecule has 1 atom stereocenters. The van der Waals surface area contributed by atoms with Crippen molar-refractivity contribution in [3.63, 3.8) is 0 Å². The molecular formula is C19H24N4O. The summed E-state index contributed by atoms with van der Waals surface area (Å²) in [6.45, 7) is 3.77. The van der Waals surface area contributed by atoms with Crippen LogP contribution in [0.1, 0.15) is 37.9 Å². The minimum atomic E-state index is 0.292. The van der Waals surface area contributed by atoms with E-state index in [2.05, 4.69) is 20.3 Å². The summed E-state index contributed by atoms with van der Waals surface area (Å²) in [4.78, 5) is 13.5. The third-order valence-electron chi connectivity index (χ3n) is 5.35. The van der Waals surface area contributed by atoms with Gasteiger partial charge >= 0.3 is 0 Å². The summed E-state index contributed by atoms with van der Waals surface area (Å²) in [5, 5.41) is 3.56. The molecule has 0 radical (unpaired) electrons. The lowest BCUT2D eigenvalue weighted by atomic mass is 9.64. The van der Waals surface area contributed by atoms with E-state index >= 15 is 0 Å². The number of pyridine rings is 1. The van der Waals surface area contributed by atoms with E-state index in [1.165, 1.54) is 32.1 Å². The van der Waals surface area contributed by atoms with Gasteiger partial charge in [0.15, 0.2) is 0 Å². The lowest BCUT2D eigenvalue weighted by molar-refractivity contribution is -0.0412. The molecule has 126 valence electrons. The zero-order valence-electron chi connectivity index (χ0n) is 14.2. The highest BCUT2D eigenvalue weighted by molar-refractivity contribution is 5.58. The van der Waals surface area contributed by atoms with E-state index in [1.54, 1.807) is 6.20 Å². The lowest BCUT2D eigenvalue weighted by Crippen LogP contribution is -2.46. The van der Waals surface area contributed by atoms with Crippen LogP contribution >= 0.6 is 0 Å². The van der Waals surface area contributed by atoms with E-state index in [4.69, 9.17) is 4.74 Å². The molecule has 0 bridgehead atoms. The molecule has 2 aromatic rings. The number of aromatic nitrogens is 3. The largest absolute Gasteiger partial charge is 0.378 e. The van der Waals surface area contributed by atoms with E-state index in [1.807, 2.05) is 31.2 Å². The smallest absolute Gasteiger partial charge is 0.130 e. The average Bonchev–Trinajstić information content (AvgIpc) is 3.09. The first-order valence-corrected chi connectivity index (χ1v) is 8.88. The van der Waals surface area contributed by atoms with Crippen LogP contribution in [0.4, 0.5) is 5.82 Å². The fourth-order valence-electron chi connectivity index (χ4n) is 3.87. The Hall–Kier alpha value is -2.01. The van der Waals surface area contributed by atoms with E-state index < -0.39 is 0 Å². The third kappa shape index (κ3) is 3.00. The summed E-state index contributed by atoms with van der Waals surface area (Å²) in [6.07, 6.45) is 8.41. The maximum atomic E-state index is 5.98. The molecule has 24 heavy (non-hydrogen) atoms. The van der Waals surface area contributed by atoms with E-state index in [0.717, 1.165) is 36.2 Å². The van der Waals surface area contributed by atoms with Crippen LogP contribution in [0.3, 0.4) is 0 Å². The first-order valence-electron chi connectivity index (χ1n) is 8.88. The number of aryl methyl sites for hydroxylation is 1. The van der Waals surface area contributed by atoms with Gasteiger partial charge in [-0.1, -0.05) is 12.5 Å². The minimum Gasteiger partial charge on any atom is -0.378 e. The highest BCUT2D eigenvalue weighted by Crippen LogP contribution is 2.48. The second kappa shape index (κ2) is 6.48. The van der Waals surface area contributed by atoms with Crippen LogP contribution in [0.5, 0.6) is 0 Å². The van der Waals surface area contributed by atoms with Crippen LogP contribution in [0.2, 0.25) is 0 Å². The molecule has 4 rings (SSSR count). The highest BCUT2D eigenvalue weighted by Gasteiger charge is 2.45. The molecule has 1 N–H and O–H groups in total. The first-order chi connectivity index (χ1) is 11.8. The Morgan fingerprint density at radius 1 is 1.21 bits per heavy atom. The summed E-state index contributed by atoms with van der Waals surface area (Å²) < 4.78 is 5.98. The minimum absolute atomic E-state index is 0.292. The van der Waals surface area contributed by atoms with E-state index in [9.17, 15) is 0 Å². The molecular weight excluding hydrogens is 300 g/mol. The van der Waals surface area contributed by atoms with Crippen LogP contribution in [0.15, 0.2) is 30.5 Å². The molecule has 5 heteroatoms. The molecule has 2 fully saturated rings. The van der Waals surface area contributed by atoms with Crippen LogP contribution in [0, 0.1) is 12.3 Å². The molecule has 0 spiro atoms. The number of anilines is 1. The monoisotopic (exact) mass is 324 g/mol. The number of nitrogens with one attached hydrogen (secondary N) is 1. The van der Waals surface area contributed by atoms with Gasteiger partial charge in [0, 0.05) is 30.8 Å². The molecule has 1 aliphatic carbocycles. The van der Waals surface area contributed by atoms with Crippen molar-refractivity contribution in [2.75, 3.05) is 18.5 Å². The quantitative estimate of drug-likeness (QED) is 0.910. The lowest BCUT2D eigenvalue weighted by Gasteiger charge is -2.46. The van der Waals surface area contributed by atoms with Gasteiger partial charge in [-0.15, -0.1) is 0 Å². The fourth-order valence-corrected chi connectivity index (χ4v) is 3.87. The van der Waals surface area contributed by atoms with Gasteiger partial charge in [0.25, 0.3) is 0 Å². The summed E-state index contributed by atoms with van der Waals surface area (Å²) >= 11 is 0. The van der Waals surface area contributed by atoms with Crippen molar-refractivity contribution in [3.8, 4) is 11.4 Å². The van der Waals surface area contributed by atoms with Crippen LogP contribution < -0.4 is 5.32 Å². The van der Waals surface area contributed by atoms with Gasteiger partial charge in [0.05, 0.1) is 17.5 Å². The van der Waals surface area contributed by atoms with Gasteiger partial charge < -0.3 is 10.1 Å². The topological polar surface area (TPSA) is 59.9 Å². The van der Waals surface area contributed by atoms with Gasteiger partial charge in [-0.3, -0.25) is 4.98 Å². The van der Waals surface area contributed by atoms with Crippen LogP contribution in [-0.4, -0.2) is 34.2 Å². The van der Waals surface area contributed by atoms with Gasteiger partial charge in [-0.25, -0.2) is 9.97 Å². The molecule has 2 aliphatic rings. The Morgan fingerprint density at radius 3 is 2.79 bits per heavy atom. The van der Waals surface area contributed by atoms with Gasteiger partial charge in [0.2, 0.25) is 0 Å². The first kappa shape index (κ1) is 15.5. The fraction of sp³-hybridized carbons (Fsp3) is 0.526. The Labute approximate surface area is 142 Å². The highest BCUT2D eigenvalue weighted by atomic mass is 16.5. The predicted molar refractivity (Wildman–Crippen MR) is 93.7 cm³/mol. The molecule has 5 nitrogen and oxygen atoms in total. The molecule has 2 aromatic heterocycles. The number of ether oxygens (including phenoxy) is 1. The molecule has 1 unspecified atom stereocenters. The molecule has 1 saturated heterocycles. The molecule has 0 amide bonds. The van der Waals surface area contributed by atoms with Crippen molar-refractivity contribution in [2.24, 2.45) is 5.41 Å². The zero-order chi connectivity index (χ0) is 16.4. The van der Waals surface area contributed by atoms with Crippen molar-refractivity contribution < 1.29 is 4.74 Å². The number of hydrogen-bond donors (Lipinski definition) is 1. The normalized spacial score (nSPS) is 22.1. The van der Waals surface area contributed by atoms with E-state index in [-0.39, 0.29) is 0 Å². The van der Waals surface area contributed by atoms with Crippen LogP contribution in [-0.2, 0) is 4.74 Å². The summed E-state index contributed by atoms with van der Waals surface area (Å²) in [5.41, 5.74) is 2.04. The van der Waals surface area contributed by atoms with Crippen molar-refractivity contribution in [1.82, 2.24) is 15.0 Å². The maximum Gasteiger partial charge on any atom is 0.130 e. The number of nitrogens with zero attached hydrogens (tertiary/aromatic N) is 3. The van der Waals surface area contributed by atoms with Crippen molar-refractivity contribution in [1.29, 1.82) is 0 Å². The standard InChI is InChI=1S/C19H24N4O/c1-14-22-16(15-6-2-3-10-20-15)12-18(23-14)21-13-19(8-5-9-19)17-7-4-11-24-17/h2-3,6,10,12,17H,4-5,7-9,11,13H2,1H3,(H,21,22,23). The molecule has 0 aromatic carbocycles. The van der Waals surface area contributed by atoms with Gasteiger partial charge in [-0.05, 0) is 44.7 Å². The Kier molecular flexibility index (Phi) is 4.19. The Morgan fingerprint density at radius 2 is 2.12 bits per heavy atom. The Balaban J connectivity index is 1.51. The van der Waals surface area contributed by atoms with Gasteiger partial charge in [-0.2, -0.15) is 0 Å². The second-order valence-electron chi connectivity index (χ2n) is 6.97. The van der Waals surface area contributed by atoms with Crippen molar-refractivity contribution in [3.05, 3.63) is 36.3 Å². The summed E-state index contributed by atoms with van der Waals surface area (Å²) in [6, 6.07) is 7.87. The summed E-state index contributed by atoms with van der Waals surface area (Å²) in [5.74, 6) is 1.65. The second-order valence-corrected chi connectivity index (χ2v) is 6.97. The van der Waals surface area contributed by atoms with Crippen molar-refractivity contribution in [2.45, 2.75) is 45.1 Å². The number of rotatable bonds is 5. The van der Waals surface area contributed by atoms with Crippen molar-refractivity contribution >= 4 is 5.82 Å². The molecule has 1 aliphatic heterocycles. The Bertz CT molecular complexity index is 694. The van der Waals surface area contributed by atoms with Crippen LogP contribution in [0.25, 0.3) is 11.4 Å². The maximum absolute atomic E-state index is 5.98. The van der Waals surface area contributed by atoms with E-state index in [0.29, 0.717) is 11.5 Å². The zero-order valence-corrected chi connectivity index (χ0v) is 14.2. The van der Waals surface area contributed by atoms with Gasteiger partial charge in [0.1, 0.15) is 11.6 Å².